The molecule has 3 aromatic rings. The summed E-state index contributed by atoms with van der Waals surface area (Å²) in [6.45, 7) is 0. The lowest BCUT2D eigenvalue weighted by Crippen LogP contribution is -2.13. The Morgan fingerprint density at radius 2 is 1.58 bits per heavy atom. The zero-order chi connectivity index (χ0) is 18.7. The number of anilines is 3. The van der Waals surface area contributed by atoms with E-state index < -0.39 is 23.4 Å². The van der Waals surface area contributed by atoms with Crippen molar-refractivity contribution in [3.63, 3.8) is 0 Å². The number of nitrogens with one attached hydrogen (secondary N) is 2. The van der Waals surface area contributed by atoms with Crippen LogP contribution in [0.2, 0.25) is 5.02 Å². The number of hydrogen-bond acceptors (Lipinski definition) is 4. The first-order chi connectivity index (χ1) is 12.4. The molecule has 0 fully saturated rings. The van der Waals surface area contributed by atoms with Crippen LogP contribution in [0.4, 0.5) is 30.5 Å². The van der Waals surface area contributed by atoms with Gasteiger partial charge < -0.3 is 10.6 Å². The van der Waals surface area contributed by atoms with Crippen molar-refractivity contribution in [3.05, 3.63) is 76.8 Å². The largest absolute Gasteiger partial charge is 0.322 e. The number of hydrogen-bond donors (Lipinski definition) is 2. The fourth-order valence-corrected chi connectivity index (χ4v) is 2.12. The van der Waals surface area contributed by atoms with Gasteiger partial charge in [0.05, 0.1) is 11.3 Å². The second kappa shape index (κ2) is 7.40. The van der Waals surface area contributed by atoms with Crippen molar-refractivity contribution in [1.82, 2.24) is 9.97 Å². The van der Waals surface area contributed by atoms with Crippen LogP contribution in [0.25, 0.3) is 0 Å². The van der Waals surface area contributed by atoms with Crippen LogP contribution in [0.3, 0.4) is 0 Å². The lowest BCUT2D eigenvalue weighted by atomic mass is 10.2. The third kappa shape index (κ3) is 3.92. The van der Waals surface area contributed by atoms with Crippen molar-refractivity contribution in [2.75, 3.05) is 10.6 Å². The average molecular weight is 379 g/mol. The van der Waals surface area contributed by atoms with E-state index in [0.29, 0.717) is 10.7 Å². The summed E-state index contributed by atoms with van der Waals surface area (Å²) >= 11 is 5.77. The Morgan fingerprint density at radius 3 is 2.23 bits per heavy atom. The Morgan fingerprint density at radius 1 is 0.923 bits per heavy atom. The minimum absolute atomic E-state index is 0.0852. The van der Waals surface area contributed by atoms with Gasteiger partial charge in [0, 0.05) is 23.1 Å². The first kappa shape index (κ1) is 17.7. The van der Waals surface area contributed by atoms with E-state index in [1.54, 1.807) is 24.3 Å². The van der Waals surface area contributed by atoms with Gasteiger partial charge >= 0.3 is 0 Å². The second-order valence-electron chi connectivity index (χ2n) is 5.10. The van der Waals surface area contributed by atoms with Crippen LogP contribution >= 0.6 is 11.6 Å². The van der Waals surface area contributed by atoms with Gasteiger partial charge in [0.25, 0.3) is 5.91 Å². The van der Waals surface area contributed by atoms with Crippen LogP contribution in [-0.4, -0.2) is 15.9 Å². The van der Waals surface area contributed by atoms with Crippen molar-refractivity contribution in [1.29, 1.82) is 0 Å². The molecule has 1 heterocycles. The number of carbonyl (C=O) groups is 1. The first-order valence-electron chi connectivity index (χ1n) is 7.23. The molecule has 0 saturated heterocycles. The molecule has 0 unspecified atom stereocenters. The van der Waals surface area contributed by atoms with Gasteiger partial charge in [0.1, 0.15) is 0 Å². The third-order valence-corrected chi connectivity index (χ3v) is 3.55. The molecule has 2 aromatic carbocycles. The molecule has 0 radical (unpaired) electrons. The number of nitrogens with zero attached hydrogens (tertiary/aromatic N) is 2. The number of rotatable bonds is 4. The summed E-state index contributed by atoms with van der Waals surface area (Å²) in [5, 5.41) is 5.57. The molecular weight excluding hydrogens is 369 g/mol. The van der Waals surface area contributed by atoms with E-state index in [2.05, 4.69) is 20.6 Å². The van der Waals surface area contributed by atoms with Crippen molar-refractivity contribution in [2.24, 2.45) is 0 Å². The highest BCUT2D eigenvalue weighted by atomic mass is 35.5. The molecule has 0 aliphatic carbocycles. The monoisotopic (exact) mass is 378 g/mol. The molecule has 3 rings (SSSR count). The molecule has 0 aliphatic rings. The molecule has 1 aromatic heterocycles. The lowest BCUT2D eigenvalue weighted by molar-refractivity contribution is 0.102. The maximum atomic E-state index is 13.6. The quantitative estimate of drug-likeness (QED) is 0.654. The predicted octanol–water partition coefficient (Wildman–Crippen LogP) is 4.54. The van der Waals surface area contributed by atoms with Crippen molar-refractivity contribution in [3.8, 4) is 0 Å². The zero-order valence-electron chi connectivity index (χ0n) is 12.9. The van der Waals surface area contributed by atoms with E-state index in [-0.39, 0.29) is 17.2 Å². The zero-order valence-corrected chi connectivity index (χ0v) is 13.7. The number of halogens is 4. The fourth-order valence-electron chi connectivity index (χ4n) is 1.99. The number of aromatic nitrogens is 2. The second-order valence-corrected chi connectivity index (χ2v) is 5.54. The smallest absolute Gasteiger partial charge is 0.258 e. The lowest BCUT2D eigenvalue weighted by Gasteiger charge is -2.08. The van der Waals surface area contributed by atoms with Crippen LogP contribution in [0, 0.1) is 17.5 Å². The van der Waals surface area contributed by atoms with Crippen LogP contribution < -0.4 is 10.6 Å². The van der Waals surface area contributed by atoms with Gasteiger partial charge in [0.15, 0.2) is 17.5 Å². The maximum absolute atomic E-state index is 13.6. The minimum atomic E-state index is -1.60. The fraction of sp³-hybridized carbons (Fsp3) is 0. The van der Waals surface area contributed by atoms with Gasteiger partial charge in [-0.25, -0.2) is 23.1 Å². The molecule has 0 saturated carbocycles. The third-order valence-electron chi connectivity index (χ3n) is 3.30. The van der Waals surface area contributed by atoms with E-state index in [9.17, 15) is 18.0 Å². The molecular formula is C17H10ClF3N4O. The normalized spacial score (nSPS) is 10.5. The summed E-state index contributed by atoms with van der Waals surface area (Å²) < 4.78 is 39.7. The topological polar surface area (TPSA) is 66.9 Å². The molecule has 9 heteroatoms. The summed E-state index contributed by atoms with van der Waals surface area (Å²) in [7, 11) is 0. The molecule has 0 atom stereocenters. The van der Waals surface area contributed by atoms with Gasteiger partial charge in [-0.2, -0.15) is 0 Å². The Labute approximate surface area is 150 Å². The summed E-state index contributed by atoms with van der Waals surface area (Å²) in [6, 6.07) is 8.28. The first-order valence-corrected chi connectivity index (χ1v) is 7.61. The molecule has 5 nitrogen and oxygen atoms in total. The Balaban J connectivity index is 1.71. The maximum Gasteiger partial charge on any atom is 0.258 e. The van der Waals surface area contributed by atoms with E-state index in [0.717, 1.165) is 12.1 Å². The van der Waals surface area contributed by atoms with Gasteiger partial charge in [-0.1, -0.05) is 11.6 Å². The van der Waals surface area contributed by atoms with Crippen molar-refractivity contribution >= 4 is 34.8 Å². The Hall–Kier alpha value is -3.13. The Bertz CT molecular complexity index is 949. The molecule has 0 spiro atoms. The summed E-state index contributed by atoms with van der Waals surface area (Å²) in [5.74, 6) is -4.84. The highest BCUT2D eigenvalue weighted by molar-refractivity contribution is 6.30. The van der Waals surface area contributed by atoms with E-state index in [4.69, 9.17) is 11.6 Å². The summed E-state index contributed by atoms with van der Waals surface area (Å²) in [4.78, 5) is 19.8. The Kier molecular flexibility index (Phi) is 5.04. The number of carbonyl (C=O) groups excluding carboxylic acids is 1. The van der Waals surface area contributed by atoms with Crippen molar-refractivity contribution < 1.29 is 18.0 Å². The highest BCUT2D eigenvalue weighted by Crippen LogP contribution is 2.22. The van der Waals surface area contributed by atoms with Crippen LogP contribution in [-0.2, 0) is 0 Å². The van der Waals surface area contributed by atoms with Gasteiger partial charge in [-0.15, -0.1) is 0 Å². The predicted molar refractivity (Wildman–Crippen MR) is 91.0 cm³/mol. The van der Waals surface area contributed by atoms with E-state index in [1.807, 2.05) is 0 Å². The highest BCUT2D eigenvalue weighted by Gasteiger charge is 2.14. The number of amides is 1. The minimum Gasteiger partial charge on any atom is -0.322 e. The van der Waals surface area contributed by atoms with E-state index >= 15 is 0 Å². The van der Waals surface area contributed by atoms with Crippen LogP contribution in [0.1, 0.15) is 10.4 Å². The van der Waals surface area contributed by atoms with Gasteiger partial charge in [0.2, 0.25) is 5.95 Å². The molecule has 132 valence electrons. The molecule has 0 bridgehead atoms. The number of benzene rings is 2. The van der Waals surface area contributed by atoms with Gasteiger partial charge in [-0.05, 0) is 36.4 Å². The van der Waals surface area contributed by atoms with Crippen LogP contribution in [0.5, 0.6) is 0 Å². The molecule has 1 amide bonds. The standard InChI is InChI=1S/C17H10ClF3N4O/c18-10-1-3-11(4-2-10)24-16(26)9-7-22-17(23-8-9)25-13-6-5-12(19)14(20)15(13)21/h1-8H,(H,24,26)(H,22,23,25). The summed E-state index contributed by atoms with van der Waals surface area (Å²) in [5.41, 5.74) is 0.351. The van der Waals surface area contributed by atoms with Gasteiger partial charge in [-0.3, -0.25) is 4.79 Å². The SMILES string of the molecule is O=C(Nc1ccc(Cl)cc1)c1cnc(Nc2ccc(F)c(F)c2F)nc1. The molecule has 2 N–H and O–H groups in total. The van der Waals surface area contributed by atoms with E-state index in [1.165, 1.54) is 12.4 Å². The average Bonchev–Trinajstić information content (AvgIpc) is 2.64. The molecule has 0 aliphatic heterocycles. The summed E-state index contributed by atoms with van der Waals surface area (Å²) in [6.07, 6.45) is 2.41. The molecule has 26 heavy (non-hydrogen) atoms. The van der Waals surface area contributed by atoms with Crippen molar-refractivity contribution in [2.45, 2.75) is 0 Å². The van der Waals surface area contributed by atoms with Crippen LogP contribution in [0.15, 0.2) is 48.8 Å².